The SMILES string of the molecule is O=C1Cc2cc(C(=O)CCN3CCC(Cc4ccccc4)CC3)ccc2N1. The van der Waals surface area contributed by atoms with E-state index < -0.39 is 0 Å². The molecule has 27 heavy (non-hydrogen) atoms. The third-order valence-electron chi connectivity index (χ3n) is 5.78. The predicted octanol–water partition coefficient (Wildman–Crippen LogP) is 3.71. The van der Waals surface area contributed by atoms with Gasteiger partial charge in [-0.2, -0.15) is 0 Å². The molecule has 0 unspecified atom stereocenters. The molecule has 0 atom stereocenters. The molecule has 0 bridgehead atoms. The zero-order chi connectivity index (χ0) is 18.6. The van der Waals surface area contributed by atoms with Crippen LogP contribution in [0, 0.1) is 5.92 Å². The average Bonchev–Trinajstić information content (AvgIpc) is 3.07. The van der Waals surface area contributed by atoms with Gasteiger partial charge in [-0.15, -0.1) is 0 Å². The number of ketones is 1. The number of carbonyl (C=O) groups excluding carboxylic acids is 2. The minimum Gasteiger partial charge on any atom is -0.326 e. The second kappa shape index (κ2) is 8.05. The van der Waals surface area contributed by atoms with E-state index in [-0.39, 0.29) is 11.7 Å². The lowest BCUT2D eigenvalue weighted by Gasteiger charge is -2.31. The summed E-state index contributed by atoms with van der Waals surface area (Å²) in [5.74, 6) is 0.928. The van der Waals surface area contributed by atoms with Crippen LogP contribution in [-0.2, 0) is 17.6 Å². The van der Waals surface area contributed by atoms with Crippen molar-refractivity contribution in [3.63, 3.8) is 0 Å². The molecule has 140 valence electrons. The van der Waals surface area contributed by atoms with Crippen LogP contribution in [0.15, 0.2) is 48.5 Å². The molecule has 0 aliphatic carbocycles. The first-order valence-electron chi connectivity index (χ1n) is 9.89. The quantitative estimate of drug-likeness (QED) is 0.797. The fourth-order valence-corrected chi connectivity index (χ4v) is 4.17. The van der Waals surface area contributed by atoms with Crippen molar-refractivity contribution in [2.45, 2.75) is 32.1 Å². The van der Waals surface area contributed by atoms with Gasteiger partial charge in [0.05, 0.1) is 6.42 Å². The van der Waals surface area contributed by atoms with Crippen molar-refractivity contribution in [1.82, 2.24) is 4.90 Å². The van der Waals surface area contributed by atoms with Crippen LogP contribution in [-0.4, -0.2) is 36.2 Å². The van der Waals surface area contributed by atoms with Gasteiger partial charge in [-0.3, -0.25) is 9.59 Å². The standard InChI is InChI=1S/C23H26N2O2/c26-22(19-6-7-21-20(15-19)16-23(27)24-21)10-13-25-11-8-18(9-12-25)14-17-4-2-1-3-5-17/h1-7,15,18H,8-14,16H2,(H,24,27). The van der Waals surface area contributed by atoms with E-state index in [2.05, 4.69) is 40.5 Å². The number of fused-ring (bicyclic) bond motifs is 1. The number of Topliss-reactive ketones (excluding diaryl/α,β-unsaturated/α-hetero) is 1. The van der Waals surface area contributed by atoms with Crippen molar-refractivity contribution in [3.8, 4) is 0 Å². The van der Waals surface area contributed by atoms with Gasteiger partial charge in [0.15, 0.2) is 5.78 Å². The summed E-state index contributed by atoms with van der Waals surface area (Å²) in [7, 11) is 0. The summed E-state index contributed by atoms with van der Waals surface area (Å²) in [5, 5.41) is 2.81. The number of nitrogens with one attached hydrogen (secondary N) is 1. The van der Waals surface area contributed by atoms with Gasteiger partial charge in [-0.1, -0.05) is 30.3 Å². The van der Waals surface area contributed by atoms with E-state index in [1.54, 1.807) is 0 Å². The Labute approximate surface area is 160 Å². The number of piperidine rings is 1. The lowest BCUT2D eigenvalue weighted by Crippen LogP contribution is -2.35. The Morgan fingerprint density at radius 2 is 1.85 bits per heavy atom. The van der Waals surface area contributed by atoms with Crippen molar-refractivity contribution in [1.29, 1.82) is 0 Å². The summed E-state index contributed by atoms with van der Waals surface area (Å²) in [6, 6.07) is 16.3. The number of carbonyl (C=O) groups is 2. The minimum absolute atomic E-state index is 0.00738. The third-order valence-corrected chi connectivity index (χ3v) is 5.78. The van der Waals surface area contributed by atoms with Crippen LogP contribution in [0.3, 0.4) is 0 Å². The number of rotatable bonds is 6. The number of amides is 1. The monoisotopic (exact) mass is 362 g/mol. The Morgan fingerprint density at radius 3 is 2.63 bits per heavy atom. The summed E-state index contributed by atoms with van der Waals surface area (Å²) in [5.41, 5.74) is 3.93. The first-order chi connectivity index (χ1) is 13.2. The van der Waals surface area contributed by atoms with Crippen LogP contribution in [0.2, 0.25) is 0 Å². The first-order valence-corrected chi connectivity index (χ1v) is 9.89. The largest absolute Gasteiger partial charge is 0.326 e. The lowest BCUT2D eigenvalue weighted by atomic mass is 9.90. The van der Waals surface area contributed by atoms with E-state index in [1.807, 2.05) is 18.2 Å². The molecule has 0 saturated carbocycles. The molecule has 4 heteroatoms. The molecule has 4 rings (SSSR count). The highest BCUT2D eigenvalue weighted by Gasteiger charge is 2.21. The van der Waals surface area contributed by atoms with Crippen LogP contribution in [0.1, 0.15) is 40.7 Å². The molecule has 2 aliphatic heterocycles. The molecule has 2 aliphatic rings. The Bertz CT molecular complexity index is 824. The van der Waals surface area contributed by atoms with Crippen molar-refractivity contribution in [2.24, 2.45) is 5.92 Å². The minimum atomic E-state index is 0.00738. The smallest absolute Gasteiger partial charge is 0.228 e. The highest BCUT2D eigenvalue weighted by Crippen LogP contribution is 2.25. The van der Waals surface area contributed by atoms with E-state index in [1.165, 1.54) is 18.4 Å². The number of nitrogens with zero attached hydrogens (tertiary/aromatic N) is 1. The molecule has 1 N–H and O–H groups in total. The Morgan fingerprint density at radius 1 is 1.07 bits per heavy atom. The normalized spacial score (nSPS) is 17.6. The van der Waals surface area contributed by atoms with E-state index in [9.17, 15) is 9.59 Å². The number of benzene rings is 2. The maximum Gasteiger partial charge on any atom is 0.228 e. The van der Waals surface area contributed by atoms with Crippen molar-refractivity contribution >= 4 is 17.4 Å². The third kappa shape index (κ3) is 4.45. The maximum atomic E-state index is 12.5. The second-order valence-electron chi connectivity index (χ2n) is 7.74. The van der Waals surface area contributed by atoms with Gasteiger partial charge >= 0.3 is 0 Å². The van der Waals surface area contributed by atoms with Crippen molar-refractivity contribution in [2.75, 3.05) is 25.0 Å². The van der Waals surface area contributed by atoms with Crippen molar-refractivity contribution in [3.05, 3.63) is 65.2 Å². The van der Waals surface area contributed by atoms with E-state index >= 15 is 0 Å². The van der Waals surface area contributed by atoms with Gasteiger partial charge in [0.1, 0.15) is 0 Å². The van der Waals surface area contributed by atoms with Crippen LogP contribution in [0.5, 0.6) is 0 Å². The first kappa shape index (κ1) is 17.9. The van der Waals surface area contributed by atoms with Gasteiger partial charge in [-0.05, 0) is 67.6 Å². The number of likely N-dealkylation sites (tertiary alicyclic amines) is 1. The van der Waals surface area contributed by atoms with Gasteiger partial charge in [0, 0.05) is 24.2 Å². The van der Waals surface area contributed by atoms with Crippen LogP contribution in [0.25, 0.3) is 0 Å². The molecule has 2 heterocycles. The molecule has 1 saturated heterocycles. The number of anilines is 1. The Hall–Kier alpha value is -2.46. The molecule has 4 nitrogen and oxygen atoms in total. The molecule has 0 aromatic heterocycles. The van der Waals surface area contributed by atoms with Gasteiger partial charge in [0.2, 0.25) is 5.91 Å². The lowest BCUT2D eigenvalue weighted by molar-refractivity contribution is -0.115. The summed E-state index contributed by atoms with van der Waals surface area (Å²) in [6.45, 7) is 2.98. The Balaban J connectivity index is 1.24. The number of hydrogen-bond acceptors (Lipinski definition) is 3. The fourth-order valence-electron chi connectivity index (χ4n) is 4.17. The predicted molar refractivity (Wildman–Crippen MR) is 107 cm³/mol. The zero-order valence-electron chi connectivity index (χ0n) is 15.6. The summed E-state index contributed by atoms with van der Waals surface area (Å²) in [6.07, 6.45) is 4.50. The molecule has 2 aromatic carbocycles. The van der Waals surface area contributed by atoms with E-state index in [0.29, 0.717) is 12.8 Å². The number of hydrogen-bond donors (Lipinski definition) is 1. The van der Waals surface area contributed by atoms with Crippen molar-refractivity contribution < 1.29 is 9.59 Å². The second-order valence-corrected chi connectivity index (χ2v) is 7.74. The highest BCUT2D eigenvalue weighted by molar-refractivity contribution is 6.02. The summed E-state index contributed by atoms with van der Waals surface area (Å²) < 4.78 is 0. The molecule has 0 radical (unpaired) electrons. The van der Waals surface area contributed by atoms with Gasteiger partial charge < -0.3 is 10.2 Å². The topological polar surface area (TPSA) is 49.4 Å². The van der Waals surface area contributed by atoms with Gasteiger partial charge in [0.25, 0.3) is 0 Å². The summed E-state index contributed by atoms with van der Waals surface area (Å²) in [4.78, 5) is 26.4. The average molecular weight is 362 g/mol. The molecule has 0 spiro atoms. The fraction of sp³-hybridized carbons (Fsp3) is 0.391. The van der Waals surface area contributed by atoms with Crippen LogP contribution in [0.4, 0.5) is 5.69 Å². The maximum absolute atomic E-state index is 12.5. The van der Waals surface area contributed by atoms with Crippen LogP contribution >= 0.6 is 0 Å². The molecule has 1 amide bonds. The molecular weight excluding hydrogens is 336 g/mol. The van der Waals surface area contributed by atoms with E-state index in [0.717, 1.165) is 48.8 Å². The van der Waals surface area contributed by atoms with Gasteiger partial charge in [-0.25, -0.2) is 0 Å². The molecule has 2 aromatic rings. The molecule has 1 fully saturated rings. The van der Waals surface area contributed by atoms with Crippen LogP contribution < -0.4 is 5.32 Å². The zero-order valence-corrected chi connectivity index (χ0v) is 15.6. The summed E-state index contributed by atoms with van der Waals surface area (Å²) >= 11 is 0. The van der Waals surface area contributed by atoms with E-state index in [4.69, 9.17) is 0 Å². The highest BCUT2D eigenvalue weighted by atomic mass is 16.1. The molecular formula is C23H26N2O2. The Kier molecular flexibility index (Phi) is 5.35.